The van der Waals surface area contributed by atoms with Crippen molar-refractivity contribution in [1.29, 1.82) is 0 Å². The van der Waals surface area contributed by atoms with Crippen LogP contribution in [0.3, 0.4) is 0 Å². The van der Waals surface area contributed by atoms with E-state index in [4.69, 9.17) is 14.2 Å². The van der Waals surface area contributed by atoms with Gasteiger partial charge in [-0.25, -0.2) is 4.79 Å². The third kappa shape index (κ3) is 7.49. The monoisotopic (exact) mass is 320 g/mol. The molecule has 0 radical (unpaired) electrons. The number of benzene rings is 1. The van der Waals surface area contributed by atoms with Gasteiger partial charge in [0.25, 0.3) is 0 Å². The summed E-state index contributed by atoms with van der Waals surface area (Å²) in [4.78, 5) is 22.0. The zero-order valence-electron chi connectivity index (χ0n) is 13.9. The van der Waals surface area contributed by atoms with Gasteiger partial charge in [0.1, 0.15) is 23.7 Å². The van der Waals surface area contributed by atoms with Crippen molar-refractivity contribution in [1.82, 2.24) is 0 Å². The molecule has 0 aliphatic rings. The molecule has 5 heteroatoms. The summed E-state index contributed by atoms with van der Waals surface area (Å²) in [5.74, 6) is 0.646. The number of aldehydes is 1. The van der Waals surface area contributed by atoms with Gasteiger partial charge in [-0.3, -0.25) is 0 Å². The van der Waals surface area contributed by atoms with Crippen molar-refractivity contribution in [3.8, 4) is 5.75 Å². The molecule has 0 heterocycles. The summed E-state index contributed by atoms with van der Waals surface area (Å²) in [6.45, 7) is 9.45. The first-order valence-electron chi connectivity index (χ1n) is 7.54. The summed E-state index contributed by atoms with van der Waals surface area (Å²) in [5.41, 5.74) is 0.116. The number of ether oxygens (including phenoxy) is 3. The van der Waals surface area contributed by atoms with Gasteiger partial charge in [0, 0.05) is 12.0 Å². The van der Waals surface area contributed by atoms with E-state index in [-0.39, 0.29) is 0 Å². The van der Waals surface area contributed by atoms with E-state index in [1.54, 1.807) is 39.0 Å². The third-order valence-corrected chi connectivity index (χ3v) is 2.75. The molecule has 23 heavy (non-hydrogen) atoms. The summed E-state index contributed by atoms with van der Waals surface area (Å²) < 4.78 is 16.0. The number of hydrogen-bond donors (Lipinski definition) is 0. The molecule has 1 atom stereocenters. The van der Waals surface area contributed by atoms with E-state index in [9.17, 15) is 9.59 Å². The largest absolute Gasteiger partial charge is 0.509 e. The van der Waals surface area contributed by atoms with Gasteiger partial charge in [0.2, 0.25) is 0 Å². The van der Waals surface area contributed by atoms with E-state index in [2.05, 4.69) is 6.58 Å². The molecule has 0 N–H and O–H groups in total. The van der Waals surface area contributed by atoms with Crippen LogP contribution in [0.15, 0.2) is 36.9 Å². The lowest BCUT2D eigenvalue weighted by Crippen LogP contribution is -2.25. The van der Waals surface area contributed by atoms with Gasteiger partial charge in [-0.2, -0.15) is 0 Å². The number of carbonyl (C=O) groups is 2. The minimum absolute atomic E-state index is 0.452. The highest BCUT2D eigenvalue weighted by Gasteiger charge is 2.21. The second kappa shape index (κ2) is 8.98. The number of carbonyl (C=O) groups excluding carboxylic acids is 2. The molecule has 0 bridgehead atoms. The van der Waals surface area contributed by atoms with Crippen LogP contribution < -0.4 is 4.74 Å². The Labute approximate surface area is 137 Å². The van der Waals surface area contributed by atoms with Crippen LogP contribution in [0.2, 0.25) is 0 Å². The quantitative estimate of drug-likeness (QED) is 0.310. The first-order chi connectivity index (χ1) is 10.9. The van der Waals surface area contributed by atoms with E-state index in [1.807, 2.05) is 6.07 Å². The molecule has 1 unspecified atom stereocenters. The Bertz CT molecular complexity index is 530. The van der Waals surface area contributed by atoms with Gasteiger partial charge in [-0.05, 0) is 45.4 Å². The molecule has 0 fully saturated rings. The van der Waals surface area contributed by atoms with Crippen molar-refractivity contribution in [3.63, 3.8) is 0 Å². The van der Waals surface area contributed by atoms with E-state index < -0.39 is 17.9 Å². The Kier molecular flexibility index (Phi) is 7.32. The lowest BCUT2D eigenvalue weighted by atomic mass is 10.1. The minimum atomic E-state index is -0.750. The topological polar surface area (TPSA) is 61.8 Å². The summed E-state index contributed by atoms with van der Waals surface area (Å²) in [6.07, 6.45) is 2.14. The molecule has 1 aromatic carbocycles. The predicted octanol–water partition coefficient (Wildman–Crippen LogP) is 4.22. The average Bonchev–Trinajstić information content (AvgIpc) is 2.48. The molecule has 126 valence electrons. The molecule has 0 aliphatic carbocycles. The van der Waals surface area contributed by atoms with Crippen LogP contribution in [0.25, 0.3) is 0 Å². The molecule has 0 aliphatic heterocycles. The van der Waals surface area contributed by atoms with Crippen LogP contribution in [0.4, 0.5) is 4.79 Å². The Morgan fingerprint density at radius 3 is 2.70 bits per heavy atom. The minimum Gasteiger partial charge on any atom is -0.494 e. The molecule has 5 nitrogen and oxygen atoms in total. The third-order valence-electron chi connectivity index (χ3n) is 2.75. The fourth-order valence-corrected chi connectivity index (χ4v) is 1.77. The maximum absolute atomic E-state index is 11.8. The van der Waals surface area contributed by atoms with Gasteiger partial charge in [-0.1, -0.05) is 18.7 Å². The molecule has 1 rings (SSSR count). The predicted molar refractivity (Wildman–Crippen MR) is 87.5 cm³/mol. The summed E-state index contributed by atoms with van der Waals surface area (Å²) in [5, 5.41) is 0. The molecule has 0 aromatic heterocycles. The van der Waals surface area contributed by atoms with Crippen molar-refractivity contribution < 1.29 is 23.8 Å². The molecule has 0 amide bonds. The van der Waals surface area contributed by atoms with Crippen LogP contribution >= 0.6 is 0 Å². The highest BCUT2D eigenvalue weighted by Crippen LogP contribution is 2.24. The van der Waals surface area contributed by atoms with Crippen LogP contribution in [0.5, 0.6) is 5.75 Å². The molecule has 0 saturated heterocycles. The number of hydrogen-bond acceptors (Lipinski definition) is 5. The van der Waals surface area contributed by atoms with Crippen LogP contribution in [0, 0.1) is 0 Å². The normalized spacial score (nSPS) is 12.1. The smallest absolute Gasteiger partial charge is 0.494 e. The Morgan fingerprint density at radius 2 is 2.09 bits per heavy atom. The van der Waals surface area contributed by atoms with Gasteiger partial charge in [-0.15, -0.1) is 0 Å². The number of unbranched alkanes of at least 4 members (excludes halogenated alkanes) is 1. The van der Waals surface area contributed by atoms with Crippen LogP contribution in [-0.4, -0.2) is 24.6 Å². The van der Waals surface area contributed by atoms with Crippen molar-refractivity contribution in [2.45, 2.75) is 45.3 Å². The lowest BCUT2D eigenvalue weighted by Gasteiger charge is -2.21. The zero-order valence-corrected chi connectivity index (χ0v) is 13.9. The second-order valence-electron chi connectivity index (χ2n) is 5.97. The SMILES string of the molecule is C=CC(OC(=O)OC(C)(C)C)c1cccc(OCCCC=O)c1. The van der Waals surface area contributed by atoms with Crippen LogP contribution in [-0.2, 0) is 14.3 Å². The second-order valence-corrected chi connectivity index (χ2v) is 5.97. The maximum atomic E-state index is 11.8. The molecular formula is C18H24O5. The van der Waals surface area contributed by atoms with Gasteiger partial charge in [0.05, 0.1) is 6.61 Å². The van der Waals surface area contributed by atoms with E-state index in [1.165, 1.54) is 6.08 Å². The van der Waals surface area contributed by atoms with Gasteiger partial charge >= 0.3 is 6.16 Å². The maximum Gasteiger partial charge on any atom is 0.509 e. The Hall–Kier alpha value is -2.30. The molecule has 1 aromatic rings. The van der Waals surface area contributed by atoms with E-state index in [0.29, 0.717) is 25.2 Å². The summed E-state index contributed by atoms with van der Waals surface area (Å²) >= 11 is 0. The fourth-order valence-electron chi connectivity index (χ4n) is 1.77. The van der Waals surface area contributed by atoms with Gasteiger partial charge < -0.3 is 19.0 Å². The highest BCUT2D eigenvalue weighted by molar-refractivity contribution is 5.61. The van der Waals surface area contributed by atoms with Crippen molar-refractivity contribution >= 4 is 12.4 Å². The van der Waals surface area contributed by atoms with Crippen molar-refractivity contribution in [3.05, 3.63) is 42.5 Å². The Balaban J connectivity index is 2.68. The van der Waals surface area contributed by atoms with E-state index in [0.717, 1.165) is 11.8 Å². The first kappa shape index (κ1) is 18.7. The molecule has 0 saturated carbocycles. The Morgan fingerprint density at radius 1 is 1.35 bits per heavy atom. The van der Waals surface area contributed by atoms with Crippen molar-refractivity contribution in [2.24, 2.45) is 0 Å². The summed E-state index contributed by atoms with van der Waals surface area (Å²) in [7, 11) is 0. The van der Waals surface area contributed by atoms with Crippen molar-refractivity contribution in [2.75, 3.05) is 6.61 Å². The fraction of sp³-hybridized carbons (Fsp3) is 0.444. The first-order valence-corrected chi connectivity index (χ1v) is 7.54. The average molecular weight is 320 g/mol. The standard InChI is InChI=1S/C18H24O5/c1-5-16(22-17(20)23-18(2,3)4)14-9-8-10-15(13-14)21-12-7-6-11-19/h5,8-11,13,16H,1,6-7,12H2,2-4H3. The zero-order chi connectivity index (χ0) is 17.3. The van der Waals surface area contributed by atoms with Gasteiger partial charge in [0.15, 0.2) is 0 Å². The molecular weight excluding hydrogens is 296 g/mol. The number of rotatable bonds is 8. The summed E-state index contributed by atoms with van der Waals surface area (Å²) in [6, 6.07) is 7.20. The molecule has 0 spiro atoms. The highest BCUT2D eigenvalue weighted by atomic mass is 16.7. The lowest BCUT2D eigenvalue weighted by molar-refractivity contribution is -0.108. The van der Waals surface area contributed by atoms with Crippen LogP contribution in [0.1, 0.15) is 45.3 Å². The van der Waals surface area contributed by atoms with E-state index >= 15 is 0 Å².